The molecule has 0 spiro atoms. The second kappa shape index (κ2) is 9.02. The van der Waals surface area contributed by atoms with Crippen LogP contribution in [0.3, 0.4) is 0 Å². The van der Waals surface area contributed by atoms with Gasteiger partial charge in [-0.15, -0.1) is 0 Å². The molecule has 3 heteroatoms. The van der Waals surface area contributed by atoms with Crippen molar-refractivity contribution in [1.29, 1.82) is 0 Å². The van der Waals surface area contributed by atoms with Crippen LogP contribution in [0.2, 0.25) is 0 Å². The van der Waals surface area contributed by atoms with Gasteiger partial charge in [0, 0.05) is 18.7 Å². The zero-order valence-corrected chi connectivity index (χ0v) is 14.2. The molecule has 2 N–H and O–H groups in total. The van der Waals surface area contributed by atoms with E-state index in [4.69, 9.17) is 4.74 Å². The van der Waals surface area contributed by atoms with Crippen LogP contribution in [0, 0.1) is 0 Å². The SMILES string of the molecule is OCc1ccccc1CNCc1ccccc1OCc1ccccc1. The maximum atomic E-state index is 9.41. The van der Waals surface area contributed by atoms with Crippen LogP contribution in [0.5, 0.6) is 5.75 Å². The lowest BCUT2D eigenvalue weighted by molar-refractivity contribution is 0.280. The zero-order valence-electron chi connectivity index (χ0n) is 14.2. The summed E-state index contributed by atoms with van der Waals surface area (Å²) in [4.78, 5) is 0. The first-order valence-corrected chi connectivity index (χ1v) is 8.50. The van der Waals surface area contributed by atoms with Gasteiger partial charge in [-0.25, -0.2) is 0 Å². The predicted octanol–water partition coefficient (Wildman–Crippen LogP) is 4.05. The highest BCUT2D eigenvalue weighted by Gasteiger charge is 2.05. The second-order valence-corrected chi connectivity index (χ2v) is 5.91. The van der Waals surface area contributed by atoms with Crippen LogP contribution in [0.15, 0.2) is 78.9 Å². The highest BCUT2D eigenvalue weighted by Crippen LogP contribution is 2.19. The largest absolute Gasteiger partial charge is 0.489 e. The second-order valence-electron chi connectivity index (χ2n) is 5.91. The molecule has 128 valence electrons. The third kappa shape index (κ3) is 4.92. The molecule has 0 atom stereocenters. The van der Waals surface area contributed by atoms with Crippen LogP contribution in [0.25, 0.3) is 0 Å². The number of hydrogen-bond donors (Lipinski definition) is 2. The summed E-state index contributed by atoms with van der Waals surface area (Å²) in [6, 6.07) is 26.2. The van der Waals surface area contributed by atoms with E-state index >= 15 is 0 Å². The Hall–Kier alpha value is -2.62. The molecule has 3 aromatic rings. The number of ether oxygens (including phenoxy) is 1. The van der Waals surface area contributed by atoms with Crippen molar-refractivity contribution in [3.8, 4) is 5.75 Å². The van der Waals surface area contributed by atoms with Gasteiger partial charge in [-0.05, 0) is 22.8 Å². The molecule has 0 saturated heterocycles. The van der Waals surface area contributed by atoms with E-state index < -0.39 is 0 Å². The number of benzene rings is 3. The van der Waals surface area contributed by atoms with Crippen LogP contribution in [0.4, 0.5) is 0 Å². The Morgan fingerprint density at radius 3 is 2.04 bits per heavy atom. The van der Waals surface area contributed by atoms with Crippen LogP contribution >= 0.6 is 0 Å². The fraction of sp³-hybridized carbons (Fsp3) is 0.182. The van der Waals surface area contributed by atoms with Gasteiger partial charge in [0.05, 0.1) is 6.61 Å². The summed E-state index contributed by atoms with van der Waals surface area (Å²) < 4.78 is 5.99. The Labute approximate surface area is 148 Å². The third-order valence-corrected chi connectivity index (χ3v) is 4.13. The summed E-state index contributed by atoms with van der Waals surface area (Å²) in [5.74, 6) is 0.897. The van der Waals surface area contributed by atoms with Crippen molar-refractivity contribution in [3.63, 3.8) is 0 Å². The van der Waals surface area contributed by atoms with Gasteiger partial charge in [-0.3, -0.25) is 0 Å². The maximum Gasteiger partial charge on any atom is 0.124 e. The first-order valence-electron chi connectivity index (χ1n) is 8.50. The molecular formula is C22H23NO2. The monoisotopic (exact) mass is 333 g/mol. The minimum atomic E-state index is 0.0641. The minimum Gasteiger partial charge on any atom is -0.489 e. The number of aliphatic hydroxyl groups excluding tert-OH is 1. The van der Waals surface area contributed by atoms with Crippen LogP contribution in [0.1, 0.15) is 22.3 Å². The molecule has 0 amide bonds. The summed E-state index contributed by atoms with van der Waals surface area (Å²) in [6.45, 7) is 2.05. The van der Waals surface area contributed by atoms with E-state index in [1.807, 2.05) is 60.7 Å². The number of hydrogen-bond acceptors (Lipinski definition) is 3. The quantitative estimate of drug-likeness (QED) is 0.653. The van der Waals surface area contributed by atoms with Crippen LogP contribution in [-0.2, 0) is 26.3 Å². The van der Waals surface area contributed by atoms with Gasteiger partial charge in [0.25, 0.3) is 0 Å². The Balaban J connectivity index is 1.59. The number of rotatable bonds is 8. The number of aliphatic hydroxyl groups is 1. The number of para-hydroxylation sites is 1. The van der Waals surface area contributed by atoms with E-state index in [2.05, 4.69) is 23.5 Å². The van der Waals surface area contributed by atoms with E-state index in [-0.39, 0.29) is 6.61 Å². The first kappa shape index (κ1) is 17.2. The minimum absolute atomic E-state index is 0.0641. The summed E-state index contributed by atoms with van der Waals surface area (Å²) >= 11 is 0. The van der Waals surface area contributed by atoms with Crippen LogP contribution < -0.4 is 10.1 Å². The third-order valence-electron chi connectivity index (χ3n) is 4.13. The maximum absolute atomic E-state index is 9.41. The topological polar surface area (TPSA) is 41.5 Å². The molecule has 0 aliphatic carbocycles. The van der Waals surface area contributed by atoms with Crippen molar-refractivity contribution in [1.82, 2.24) is 5.32 Å². The highest BCUT2D eigenvalue weighted by molar-refractivity contribution is 5.34. The van der Waals surface area contributed by atoms with E-state index in [1.165, 1.54) is 0 Å². The van der Waals surface area contributed by atoms with Crippen LogP contribution in [-0.4, -0.2) is 5.11 Å². The molecule has 0 bridgehead atoms. The summed E-state index contributed by atoms with van der Waals surface area (Å²) in [5, 5.41) is 12.8. The van der Waals surface area contributed by atoms with Gasteiger partial charge < -0.3 is 15.2 Å². The highest BCUT2D eigenvalue weighted by atomic mass is 16.5. The Morgan fingerprint density at radius 1 is 0.680 bits per heavy atom. The van der Waals surface area contributed by atoms with E-state index in [9.17, 15) is 5.11 Å². The molecule has 0 aliphatic heterocycles. The molecule has 0 unspecified atom stereocenters. The molecule has 0 saturated carbocycles. The number of nitrogens with one attached hydrogen (secondary N) is 1. The van der Waals surface area contributed by atoms with E-state index in [1.54, 1.807) is 0 Å². The van der Waals surface area contributed by atoms with Crippen molar-refractivity contribution in [2.75, 3.05) is 0 Å². The van der Waals surface area contributed by atoms with Gasteiger partial charge in [-0.1, -0.05) is 72.8 Å². The molecular weight excluding hydrogens is 310 g/mol. The summed E-state index contributed by atoms with van der Waals surface area (Å²) in [7, 11) is 0. The lowest BCUT2D eigenvalue weighted by atomic mass is 10.1. The summed E-state index contributed by atoms with van der Waals surface area (Å²) in [5.41, 5.74) is 4.36. The Bertz CT molecular complexity index is 787. The molecule has 0 heterocycles. The van der Waals surface area contributed by atoms with Gasteiger partial charge in [0.15, 0.2) is 0 Å². The lowest BCUT2D eigenvalue weighted by Crippen LogP contribution is -2.15. The zero-order chi connectivity index (χ0) is 17.3. The van der Waals surface area contributed by atoms with Crippen molar-refractivity contribution in [3.05, 3.63) is 101 Å². The molecule has 0 aliphatic rings. The Morgan fingerprint density at radius 2 is 1.28 bits per heavy atom. The molecule has 0 aromatic heterocycles. The molecule has 0 fully saturated rings. The van der Waals surface area contributed by atoms with Gasteiger partial charge in [0.2, 0.25) is 0 Å². The predicted molar refractivity (Wildman–Crippen MR) is 100 cm³/mol. The fourth-order valence-corrected chi connectivity index (χ4v) is 2.74. The normalized spacial score (nSPS) is 10.6. The summed E-state index contributed by atoms with van der Waals surface area (Å²) in [6.07, 6.45) is 0. The average Bonchev–Trinajstić information content (AvgIpc) is 2.68. The fourth-order valence-electron chi connectivity index (χ4n) is 2.74. The average molecular weight is 333 g/mol. The molecule has 3 aromatic carbocycles. The Kier molecular flexibility index (Phi) is 6.21. The smallest absolute Gasteiger partial charge is 0.124 e. The van der Waals surface area contributed by atoms with E-state index in [0.717, 1.165) is 28.0 Å². The standard InChI is InChI=1S/C22H23NO2/c24-16-21-12-5-4-10-19(21)14-23-15-20-11-6-7-13-22(20)25-17-18-8-2-1-3-9-18/h1-13,23-24H,14-17H2. The van der Waals surface area contributed by atoms with Crippen molar-refractivity contribution in [2.24, 2.45) is 0 Å². The molecule has 0 radical (unpaired) electrons. The molecule has 25 heavy (non-hydrogen) atoms. The molecule has 3 rings (SSSR count). The van der Waals surface area contributed by atoms with E-state index in [0.29, 0.717) is 19.7 Å². The van der Waals surface area contributed by atoms with Crippen molar-refractivity contribution < 1.29 is 9.84 Å². The van der Waals surface area contributed by atoms with Crippen molar-refractivity contribution in [2.45, 2.75) is 26.3 Å². The van der Waals surface area contributed by atoms with Gasteiger partial charge in [-0.2, -0.15) is 0 Å². The van der Waals surface area contributed by atoms with Gasteiger partial charge >= 0.3 is 0 Å². The first-order chi connectivity index (χ1) is 12.4. The van der Waals surface area contributed by atoms with Gasteiger partial charge in [0.1, 0.15) is 12.4 Å². The lowest BCUT2D eigenvalue weighted by Gasteiger charge is -2.13. The van der Waals surface area contributed by atoms with Crippen molar-refractivity contribution >= 4 is 0 Å². The molecule has 3 nitrogen and oxygen atoms in total.